The molecule has 0 aliphatic carbocycles. The Kier molecular flexibility index (Phi) is 24.1. The zero-order valence-corrected chi connectivity index (χ0v) is 17.8. The molecule has 2 atom stereocenters. The first-order valence-corrected chi connectivity index (χ1v) is 11.2. The van der Waals surface area contributed by atoms with Crippen LogP contribution in [0.4, 0.5) is 0 Å². The molecular weight excluding hydrogens is 276 g/mol. The molecular formula is C23H50. The molecule has 0 heteroatoms. The molecule has 0 radical (unpaired) electrons. The lowest BCUT2D eigenvalue weighted by Gasteiger charge is -2.17. The summed E-state index contributed by atoms with van der Waals surface area (Å²) < 4.78 is 0. The van der Waals surface area contributed by atoms with Crippen molar-refractivity contribution < 1.29 is 0 Å². The summed E-state index contributed by atoms with van der Waals surface area (Å²) >= 11 is 0. The van der Waals surface area contributed by atoms with E-state index in [1.807, 2.05) is 13.8 Å². The van der Waals surface area contributed by atoms with E-state index in [1.54, 1.807) is 0 Å². The third-order valence-electron chi connectivity index (χ3n) is 5.38. The zero-order chi connectivity index (χ0) is 17.8. The quantitative estimate of drug-likeness (QED) is 0.248. The standard InChI is InChI=1S/C21H44.C2H6/c1-5-7-8-9-10-11-12-13-14-15-16-17-18-19-21(4)20(3)6-2;1-2/h20-21H,5-19H2,1-4H3;1-2H3/t20-,21?;/m1./s1. The Labute approximate surface area is 150 Å². The fourth-order valence-electron chi connectivity index (χ4n) is 3.17. The van der Waals surface area contributed by atoms with Crippen molar-refractivity contribution in [2.75, 3.05) is 0 Å². The van der Waals surface area contributed by atoms with Crippen LogP contribution in [0.2, 0.25) is 0 Å². The third-order valence-corrected chi connectivity index (χ3v) is 5.38. The molecule has 142 valence electrons. The van der Waals surface area contributed by atoms with Crippen LogP contribution in [0.5, 0.6) is 0 Å². The van der Waals surface area contributed by atoms with E-state index in [2.05, 4.69) is 27.7 Å². The van der Waals surface area contributed by atoms with E-state index in [9.17, 15) is 0 Å². The SMILES string of the molecule is CC.CCCCCCCCCCCCCCCC(C)[C@H](C)CC. The van der Waals surface area contributed by atoms with Gasteiger partial charge < -0.3 is 0 Å². The van der Waals surface area contributed by atoms with Crippen LogP contribution < -0.4 is 0 Å². The van der Waals surface area contributed by atoms with Crippen molar-refractivity contribution in [2.45, 2.75) is 138 Å². The van der Waals surface area contributed by atoms with E-state index < -0.39 is 0 Å². The Hall–Kier alpha value is 0. The molecule has 0 saturated heterocycles. The van der Waals surface area contributed by atoms with E-state index in [1.165, 1.54) is 96.3 Å². The van der Waals surface area contributed by atoms with Gasteiger partial charge in [0.2, 0.25) is 0 Å². The lowest BCUT2D eigenvalue weighted by molar-refractivity contribution is 0.342. The predicted octanol–water partition coefficient (Wildman–Crippen LogP) is 9.18. The topological polar surface area (TPSA) is 0 Å². The van der Waals surface area contributed by atoms with Gasteiger partial charge in [-0.2, -0.15) is 0 Å². The van der Waals surface area contributed by atoms with Crippen LogP contribution in [0.3, 0.4) is 0 Å². The summed E-state index contributed by atoms with van der Waals surface area (Å²) in [6, 6.07) is 0. The number of hydrogen-bond donors (Lipinski definition) is 0. The summed E-state index contributed by atoms with van der Waals surface area (Å²) in [5, 5.41) is 0. The van der Waals surface area contributed by atoms with Crippen LogP contribution in [0.25, 0.3) is 0 Å². The summed E-state index contributed by atoms with van der Waals surface area (Å²) in [4.78, 5) is 0. The van der Waals surface area contributed by atoms with Gasteiger partial charge in [0.05, 0.1) is 0 Å². The molecule has 0 aromatic carbocycles. The minimum absolute atomic E-state index is 0.919. The van der Waals surface area contributed by atoms with Gasteiger partial charge in [-0.15, -0.1) is 0 Å². The molecule has 0 nitrogen and oxygen atoms in total. The van der Waals surface area contributed by atoms with Gasteiger partial charge in [-0.25, -0.2) is 0 Å². The molecule has 0 amide bonds. The largest absolute Gasteiger partial charge is 0.0683 e. The second kappa shape index (κ2) is 22.0. The number of hydrogen-bond acceptors (Lipinski definition) is 0. The van der Waals surface area contributed by atoms with Crippen LogP contribution >= 0.6 is 0 Å². The Morgan fingerprint density at radius 3 is 1.17 bits per heavy atom. The van der Waals surface area contributed by atoms with Gasteiger partial charge in [0, 0.05) is 0 Å². The van der Waals surface area contributed by atoms with Gasteiger partial charge in [-0.1, -0.05) is 138 Å². The Bertz CT molecular complexity index is 184. The van der Waals surface area contributed by atoms with E-state index in [4.69, 9.17) is 0 Å². The molecule has 0 saturated carbocycles. The monoisotopic (exact) mass is 326 g/mol. The molecule has 0 N–H and O–H groups in total. The van der Waals surface area contributed by atoms with Gasteiger partial charge >= 0.3 is 0 Å². The average molecular weight is 327 g/mol. The highest BCUT2D eigenvalue weighted by molar-refractivity contribution is 4.60. The summed E-state index contributed by atoms with van der Waals surface area (Å²) in [6.07, 6.45) is 21.8. The van der Waals surface area contributed by atoms with Gasteiger partial charge in [-0.05, 0) is 11.8 Å². The molecule has 0 heterocycles. The molecule has 1 unspecified atom stereocenters. The minimum Gasteiger partial charge on any atom is -0.0683 e. The van der Waals surface area contributed by atoms with Gasteiger partial charge in [-0.3, -0.25) is 0 Å². The molecule has 0 spiro atoms. The molecule has 0 aromatic heterocycles. The van der Waals surface area contributed by atoms with Crippen LogP contribution in [-0.2, 0) is 0 Å². The Morgan fingerprint density at radius 1 is 0.478 bits per heavy atom. The maximum absolute atomic E-state index is 2.44. The molecule has 0 rings (SSSR count). The Balaban J connectivity index is 0. The van der Waals surface area contributed by atoms with Gasteiger partial charge in [0.1, 0.15) is 0 Å². The van der Waals surface area contributed by atoms with Crippen molar-refractivity contribution in [1.82, 2.24) is 0 Å². The van der Waals surface area contributed by atoms with Gasteiger partial charge in [0.25, 0.3) is 0 Å². The first kappa shape index (κ1) is 25.2. The molecule has 0 aliphatic heterocycles. The molecule has 0 aliphatic rings. The fourth-order valence-corrected chi connectivity index (χ4v) is 3.17. The molecule has 0 aromatic rings. The lowest BCUT2D eigenvalue weighted by atomic mass is 9.89. The zero-order valence-electron chi connectivity index (χ0n) is 17.8. The van der Waals surface area contributed by atoms with Crippen molar-refractivity contribution in [3.05, 3.63) is 0 Å². The summed E-state index contributed by atoms with van der Waals surface area (Å²) in [7, 11) is 0. The maximum Gasteiger partial charge on any atom is -0.0417 e. The first-order valence-electron chi connectivity index (χ1n) is 11.2. The minimum atomic E-state index is 0.919. The Morgan fingerprint density at radius 2 is 0.826 bits per heavy atom. The number of unbranched alkanes of at least 4 members (excludes halogenated alkanes) is 12. The average Bonchev–Trinajstić information content (AvgIpc) is 2.59. The second-order valence-corrected chi connectivity index (χ2v) is 7.39. The fraction of sp³-hybridized carbons (Fsp3) is 1.00. The highest BCUT2D eigenvalue weighted by Crippen LogP contribution is 2.21. The van der Waals surface area contributed by atoms with Crippen molar-refractivity contribution in [2.24, 2.45) is 11.8 Å². The summed E-state index contributed by atoms with van der Waals surface area (Å²) in [5.74, 6) is 1.85. The van der Waals surface area contributed by atoms with E-state index in [-0.39, 0.29) is 0 Å². The first-order chi connectivity index (χ1) is 11.2. The lowest BCUT2D eigenvalue weighted by Crippen LogP contribution is -2.06. The smallest absolute Gasteiger partial charge is 0.0417 e. The molecule has 0 fully saturated rings. The summed E-state index contributed by atoms with van der Waals surface area (Å²) in [5.41, 5.74) is 0. The van der Waals surface area contributed by atoms with E-state index >= 15 is 0 Å². The maximum atomic E-state index is 2.44. The number of rotatable bonds is 16. The van der Waals surface area contributed by atoms with Crippen molar-refractivity contribution in [3.63, 3.8) is 0 Å². The van der Waals surface area contributed by atoms with Crippen LogP contribution in [0, 0.1) is 11.8 Å². The van der Waals surface area contributed by atoms with E-state index in [0.717, 1.165) is 11.8 Å². The second-order valence-electron chi connectivity index (χ2n) is 7.39. The van der Waals surface area contributed by atoms with Gasteiger partial charge in [0.15, 0.2) is 0 Å². The highest BCUT2D eigenvalue weighted by Gasteiger charge is 2.08. The third kappa shape index (κ3) is 20.0. The highest BCUT2D eigenvalue weighted by atomic mass is 14.1. The predicted molar refractivity (Wildman–Crippen MR) is 110 cm³/mol. The van der Waals surface area contributed by atoms with Crippen LogP contribution in [0.1, 0.15) is 138 Å². The van der Waals surface area contributed by atoms with Crippen LogP contribution in [0.15, 0.2) is 0 Å². The molecule has 23 heavy (non-hydrogen) atoms. The van der Waals surface area contributed by atoms with Crippen LogP contribution in [-0.4, -0.2) is 0 Å². The van der Waals surface area contributed by atoms with Crippen molar-refractivity contribution >= 4 is 0 Å². The normalized spacial score (nSPS) is 13.3. The van der Waals surface area contributed by atoms with Crippen molar-refractivity contribution in [3.8, 4) is 0 Å². The molecule has 0 bridgehead atoms. The van der Waals surface area contributed by atoms with Crippen molar-refractivity contribution in [1.29, 1.82) is 0 Å². The summed E-state index contributed by atoms with van der Waals surface area (Å²) in [6.45, 7) is 13.5. The van der Waals surface area contributed by atoms with E-state index in [0.29, 0.717) is 0 Å².